The fourth-order valence-corrected chi connectivity index (χ4v) is 4.85. The maximum atomic E-state index is 12.9. The maximum absolute atomic E-state index is 12.9. The molecule has 0 fully saturated rings. The van der Waals surface area contributed by atoms with Crippen LogP contribution in [0.4, 0.5) is 5.69 Å². The van der Waals surface area contributed by atoms with Crippen molar-refractivity contribution in [3.05, 3.63) is 77.0 Å². The molecule has 4 aromatic rings. The number of aromatic nitrogens is 2. The number of rotatable bonds is 6. The number of halogens is 1. The van der Waals surface area contributed by atoms with Gasteiger partial charge in [-0.1, -0.05) is 28.1 Å². The third-order valence-corrected chi connectivity index (χ3v) is 6.44. The Hall–Kier alpha value is -2.84. The molecule has 0 atom stereocenters. The minimum absolute atomic E-state index is 0.0820. The maximum Gasteiger partial charge on any atom is 0.265 e. The number of benzene rings is 2. The summed E-state index contributed by atoms with van der Waals surface area (Å²) < 4.78 is 36.6. The van der Waals surface area contributed by atoms with Crippen molar-refractivity contribution in [2.45, 2.75) is 18.7 Å². The van der Waals surface area contributed by atoms with Crippen molar-refractivity contribution < 1.29 is 13.2 Å². The molecule has 0 unspecified atom stereocenters. The Labute approximate surface area is 183 Å². The SMILES string of the molecule is CCOc1ccc(Br)cc1S(=O)(=O)Nc1ccc(-c2cn3ccc(C)cc3n2)cc1. The van der Waals surface area contributed by atoms with Gasteiger partial charge in [0, 0.05) is 28.1 Å². The Kier molecular flexibility index (Phi) is 5.53. The van der Waals surface area contributed by atoms with E-state index in [0.717, 1.165) is 22.5 Å². The Morgan fingerprint density at radius 2 is 1.87 bits per heavy atom. The van der Waals surface area contributed by atoms with Gasteiger partial charge in [0.25, 0.3) is 10.0 Å². The van der Waals surface area contributed by atoms with Crippen LogP contribution in [-0.2, 0) is 10.0 Å². The monoisotopic (exact) mass is 485 g/mol. The Morgan fingerprint density at radius 1 is 1.10 bits per heavy atom. The van der Waals surface area contributed by atoms with Crippen LogP contribution in [0.1, 0.15) is 12.5 Å². The zero-order chi connectivity index (χ0) is 21.3. The van der Waals surface area contributed by atoms with Crippen molar-refractivity contribution in [3.8, 4) is 17.0 Å². The van der Waals surface area contributed by atoms with E-state index in [4.69, 9.17) is 4.74 Å². The van der Waals surface area contributed by atoms with E-state index >= 15 is 0 Å². The molecule has 4 rings (SSSR count). The molecule has 0 radical (unpaired) electrons. The van der Waals surface area contributed by atoms with Crippen molar-refractivity contribution in [2.75, 3.05) is 11.3 Å². The molecule has 1 N–H and O–H groups in total. The second-order valence-corrected chi connectivity index (χ2v) is 9.37. The topological polar surface area (TPSA) is 72.7 Å². The molecule has 30 heavy (non-hydrogen) atoms. The third-order valence-electron chi connectivity index (χ3n) is 4.54. The number of aryl methyl sites for hydroxylation is 1. The smallest absolute Gasteiger partial charge is 0.265 e. The van der Waals surface area contributed by atoms with Crippen molar-refractivity contribution in [2.24, 2.45) is 0 Å². The number of anilines is 1. The fourth-order valence-electron chi connectivity index (χ4n) is 3.11. The van der Waals surface area contributed by atoms with Gasteiger partial charge in [-0.25, -0.2) is 13.4 Å². The standard InChI is InChI=1S/C22H20BrN3O3S/c1-3-29-20-9-6-17(23)13-21(20)30(27,28)25-18-7-4-16(5-8-18)19-14-26-11-10-15(2)12-22(26)24-19/h4-14,25H,3H2,1-2H3. The minimum Gasteiger partial charge on any atom is -0.492 e. The molecule has 0 bridgehead atoms. The van der Waals surface area contributed by atoms with Gasteiger partial charge < -0.3 is 9.14 Å². The Bertz CT molecular complexity index is 1320. The van der Waals surface area contributed by atoms with Gasteiger partial charge in [-0.2, -0.15) is 0 Å². The van der Waals surface area contributed by atoms with Gasteiger partial charge in [0.15, 0.2) is 0 Å². The van der Waals surface area contributed by atoms with Crippen LogP contribution >= 0.6 is 15.9 Å². The fraction of sp³-hybridized carbons (Fsp3) is 0.136. The van der Waals surface area contributed by atoms with Crippen molar-refractivity contribution in [1.82, 2.24) is 9.38 Å². The highest BCUT2D eigenvalue weighted by atomic mass is 79.9. The number of imidazole rings is 1. The minimum atomic E-state index is -3.82. The number of nitrogens with one attached hydrogen (secondary N) is 1. The first kappa shape index (κ1) is 20.4. The molecule has 6 nitrogen and oxygen atoms in total. The molecule has 0 aliphatic carbocycles. The average Bonchev–Trinajstić information content (AvgIpc) is 3.13. The normalized spacial score (nSPS) is 11.6. The van der Waals surface area contributed by atoms with Gasteiger partial charge in [0.2, 0.25) is 0 Å². The Balaban J connectivity index is 1.60. The molecule has 0 spiro atoms. The van der Waals surface area contributed by atoms with E-state index in [2.05, 4.69) is 25.6 Å². The molecule has 0 amide bonds. The molecule has 2 heterocycles. The van der Waals surface area contributed by atoms with Crippen LogP contribution in [0, 0.1) is 6.92 Å². The number of hydrogen-bond donors (Lipinski definition) is 1. The van der Waals surface area contributed by atoms with Gasteiger partial charge in [0.05, 0.1) is 12.3 Å². The second-order valence-electron chi connectivity index (χ2n) is 6.80. The first-order chi connectivity index (χ1) is 14.4. The van der Waals surface area contributed by atoms with E-state index < -0.39 is 10.0 Å². The molecular weight excluding hydrogens is 466 g/mol. The molecular formula is C22H20BrN3O3S. The summed E-state index contributed by atoms with van der Waals surface area (Å²) >= 11 is 3.32. The summed E-state index contributed by atoms with van der Waals surface area (Å²) in [5.74, 6) is 0.310. The third kappa shape index (κ3) is 4.20. The number of pyridine rings is 1. The number of hydrogen-bond acceptors (Lipinski definition) is 4. The van der Waals surface area contributed by atoms with Gasteiger partial charge in [-0.3, -0.25) is 4.72 Å². The first-order valence-corrected chi connectivity index (χ1v) is 11.6. The molecule has 0 saturated heterocycles. The largest absolute Gasteiger partial charge is 0.492 e. The molecule has 154 valence electrons. The number of fused-ring (bicyclic) bond motifs is 1. The van der Waals surface area contributed by atoms with Crippen LogP contribution in [0.5, 0.6) is 5.75 Å². The summed E-state index contributed by atoms with van der Waals surface area (Å²) in [6.07, 6.45) is 3.92. The molecule has 2 aromatic carbocycles. The zero-order valence-corrected chi connectivity index (χ0v) is 18.9. The first-order valence-electron chi connectivity index (χ1n) is 9.37. The summed E-state index contributed by atoms with van der Waals surface area (Å²) in [6, 6.07) is 16.1. The van der Waals surface area contributed by atoms with E-state index in [1.807, 2.05) is 54.9 Å². The van der Waals surface area contributed by atoms with Crippen LogP contribution in [0.15, 0.2) is 76.4 Å². The highest BCUT2D eigenvalue weighted by molar-refractivity contribution is 9.10. The summed E-state index contributed by atoms with van der Waals surface area (Å²) in [5, 5.41) is 0. The van der Waals surface area contributed by atoms with Gasteiger partial charge >= 0.3 is 0 Å². The highest BCUT2D eigenvalue weighted by Crippen LogP contribution is 2.30. The van der Waals surface area contributed by atoms with Gasteiger partial charge in [-0.05, 0) is 61.9 Å². The predicted molar refractivity (Wildman–Crippen MR) is 121 cm³/mol. The lowest BCUT2D eigenvalue weighted by molar-refractivity contribution is 0.331. The molecule has 2 aromatic heterocycles. The molecule has 8 heteroatoms. The summed E-state index contributed by atoms with van der Waals surface area (Å²) in [5.41, 5.74) is 4.19. The van der Waals surface area contributed by atoms with Crippen LogP contribution < -0.4 is 9.46 Å². The van der Waals surface area contributed by atoms with E-state index in [1.165, 1.54) is 6.07 Å². The van der Waals surface area contributed by atoms with Crippen molar-refractivity contribution in [1.29, 1.82) is 0 Å². The number of sulfonamides is 1. The quantitative estimate of drug-likeness (QED) is 0.403. The van der Waals surface area contributed by atoms with E-state index in [0.29, 0.717) is 22.5 Å². The molecule has 0 saturated carbocycles. The summed E-state index contributed by atoms with van der Waals surface area (Å²) in [4.78, 5) is 4.72. The molecule has 0 aliphatic rings. The van der Waals surface area contributed by atoms with Crippen LogP contribution in [0.25, 0.3) is 16.9 Å². The lowest BCUT2D eigenvalue weighted by atomic mass is 10.1. The van der Waals surface area contributed by atoms with E-state index in [-0.39, 0.29) is 4.90 Å². The van der Waals surface area contributed by atoms with E-state index in [1.54, 1.807) is 24.3 Å². The van der Waals surface area contributed by atoms with Gasteiger partial charge in [0.1, 0.15) is 16.3 Å². The Morgan fingerprint density at radius 3 is 2.60 bits per heavy atom. The van der Waals surface area contributed by atoms with Gasteiger partial charge in [-0.15, -0.1) is 0 Å². The van der Waals surface area contributed by atoms with Crippen LogP contribution in [0.2, 0.25) is 0 Å². The lowest BCUT2D eigenvalue weighted by Crippen LogP contribution is -2.14. The average molecular weight is 486 g/mol. The summed E-state index contributed by atoms with van der Waals surface area (Å²) in [6.45, 7) is 4.21. The van der Waals surface area contributed by atoms with Crippen molar-refractivity contribution in [3.63, 3.8) is 0 Å². The second kappa shape index (κ2) is 8.12. The van der Waals surface area contributed by atoms with Crippen LogP contribution in [0.3, 0.4) is 0 Å². The van der Waals surface area contributed by atoms with E-state index in [9.17, 15) is 8.42 Å². The van der Waals surface area contributed by atoms with Crippen molar-refractivity contribution >= 4 is 37.3 Å². The highest BCUT2D eigenvalue weighted by Gasteiger charge is 2.20. The predicted octanol–water partition coefficient (Wildman–Crippen LogP) is 5.27. The summed E-state index contributed by atoms with van der Waals surface area (Å²) in [7, 11) is -3.82. The lowest BCUT2D eigenvalue weighted by Gasteiger charge is -2.13. The number of ether oxygens (including phenoxy) is 1. The molecule has 0 aliphatic heterocycles. The zero-order valence-electron chi connectivity index (χ0n) is 16.5. The number of nitrogens with zero attached hydrogens (tertiary/aromatic N) is 2. The van der Waals surface area contributed by atoms with Crippen LogP contribution in [-0.4, -0.2) is 24.4 Å².